The standard InChI is InChI=1S/C7H4F3N3.C6H4ClN3.C6H4N4O2.C6H5N3.C5H4N4/c8-7(9,10)4-1-2-5-6(3-4)12-13-11-5;7-4-1-2-5-6(3-4)9-10-8-5;11-10(12)4-1-2-5-6(3-4)8-9-7-5;1-2-4-6-5(3-1)7-9-8-6;1-2-4-5(6-3-1)8-9-7-4/h1-3H,(H,11,12,13);1-3H,(H,8,9,10);1-3H,(H,7,8,9);1-4H,(H,7,8,9);1-3H,(H,6,7,8,9). The second-order valence-corrected chi connectivity index (χ2v) is 10.7. The highest BCUT2D eigenvalue weighted by Crippen LogP contribution is 2.30. The van der Waals surface area contributed by atoms with Crippen molar-refractivity contribution in [3.8, 4) is 0 Å². The Balaban J connectivity index is 0.000000114. The fourth-order valence-electron chi connectivity index (χ4n) is 4.25. The summed E-state index contributed by atoms with van der Waals surface area (Å²) in [6.07, 6.45) is -2.64. The highest BCUT2D eigenvalue weighted by atomic mass is 35.5. The van der Waals surface area contributed by atoms with Crippen molar-refractivity contribution in [3.63, 3.8) is 0 Å². The summed E-state index contributed by atoms with van der Waals surface area (Å²) in [5.74, 6) is 0. The highest BCUT2D eigenvalue weighted by Gasteiger charge is 2.30. The molecule has 0 atom stereocenters. The van der Waals surface area contributed by atoms with E-state index in [0.717, 1.165) is 39.7 Å². The van der Waals surface area contributed by atoms with Crippen molar-refractivity contribution in [2.45, 2.75) is 6.18 Å². The molecular formula is C30H21ClF3N17O2. The van der Waals surface area contributed by atoms with E-state index in [-0.39, 0.29) is 11.2 Å². The molecule has 10 aromatic rings. The van der Waals surface area contributed by atoms with Gasteiger partial charge in [-0.05, 0) is 66.7 Å². The first-order valence-electron chi connectivity index (χ1n) is 14.8. The number of non-ortho nitro benzene ring substituents is 1. The van der Waals surface area contributed by atoms with Gasteiger partial charge in [0, 0.05) is 23.4 Å². The zero-order valence-electron chi connectivity index (χ0n) is 26.4. The van der Waals surface area contributed by atoms with Gasteiger partial charge in [0.2, 0.25) is 5.65 Å². The summed E-state index contributed by atoms with van der Waals surface area (Å²) in [7, 11) is 0. The maximum absolute atomic E-state index is 12.2. The van der Waals surface area contributed by atoms with Crippen LogP contribution in [0.25, 0.3) is 55.3 Å². The smallest absolute Gasteiger partial charge is 0.258 e. The van der Waals surface area contributed by atoms with Gasteiger partial charge in [-0.1, -0.05) is 23.7 Å². The molecule has 0 fully saturated rings. The minimum absolute atomic E-state index is 0.0244. The average Bonchev–Trinajstić information content (AvgIpc) is 4.01. The van der Waals surface area contributed by atoms with Crippen molar-refractivity contribution in [3.05, 3.63) is 118 Å². The molecule has 0 bridgehead atoms. The lowest BCUT2D eigenvalue weighted by atomic mass is 10.2. The molecule has 6 heterocycles. The van der Waals surface area contributed by atoms with E-state index in [1.54, 1.807) is 24.4 Å². The van der Waals surface area contributed by atoms with Crippen LogP contribution in [-0.4, -0.2) is 87.0 Å². The number of hydrogen-bond donors (Lipinski definition) is 5. The van der Waals surface area contributed by atoms with Crippen LogP contribution in [0.4, 0.5) is 18.9 Å². The SMILES string of the molecule is Clc1ccc2n[nH]nc2c1.FC(F)(F)c1ccc2n[nH]nc2c1.O=[N+]([O-])c1ccc2n[nH]nc2c1.c1ccc2n[nH]nc2c1.c1cnc2n[nH]nc2c1. The summed E-state index contributed by atoms with van der Waals surface area (Å²) in [6.45, 7) is 0. The Morgan fingerprint density at radius 1 is 0.528 bits per heavy atom. The quantitative estimate of drug-likeness (QED) is 0.0989. The molecule has 4 aromatic carbocycles. The van der Waals surface area contributed by atoms with Gasteiger partial charge < -0.3 is 0 Å². The molecular weight excluding hydrogens is 723 g/mol. The van der Waals surface area contributed by atoms with E-state index < -0.39 is 16.7 Å². The van der Waals surface area contributed by atoms with Crippen LogP contribution >= 0.6 is 11.6 Å². The van der Waals surface area contributed by atoms with Crippen LogP contribution in [0, 0.1) is 10.1 Å². The Bertz CT molecular complexity index is 2600. The number of nitrogens with one attached hydrogen (secondary N) is 5. The molecule has 0 amide bonds. The molecule has 23 heteroatoms. The number of H-pyrrole nitrogens is 5. The number of hydrogen-bond acceptors (Lipinski definition) is 13. The van der Waals surface area contributed by atoms with Gasteiger partial charge in [-0.2, -0.15) is 85.1 Å². The minimum atomic E-state index is -4.33. The van der Waals surface area contributed by atoms with Crippen LogP contribution in [0.2, 0.25) is 5.02 Å². The summed E-state index contributed by atoms with van der Waals surface area (Å²) in [5, 5.41) is 60.9. The van der Waals surface area contributed by atoms with E-state index in [0.29, 0.717) is 27.2 Å². The highest BCUT2D eigenvalue weighted by molar-refractivity contribution is 6.31. The normalized spacial score (nSPS) is 10.8. The first-order valence-corrected chi connectivity index (χ1v) is 15.2. The summed E-state index contributed by atoms with van der Waals surface area (Å²) in [5.41, 5.74) is 6.01. The number of pyridine rings is 1. The van der Waals surface area contributed by atoms with Crippen molar-refractivity contribution < 1.29 is 18.1 Å². The van der Waals surface area contributed by atoms with Crippen LogP contribution in [-0.2, 0) is 6.18 Å². The Kier molecular flexibility index (Phi) is 10.7. The second-order valence-electron chi connectivity index (χ2n) is 10.2. The third-order valence-electron chi connectivity index (χ3n) is 6.75. The van der Waals surface area contributed by atoms with Gasteiger partial charge >= 0.3 is 6.18 Å². The maximum Gasteiger partial charge on any atom is 0.416 e. The van der Waals surface area contributed by atoms with Gasteiger partial charge in [0.25, 0.3) is 5.69 Å². The molecule has 0 radical (unpaired) electrons. The molecule has 53 heavy (non-hydrogen) atoms. The predicted octanol–water partition coefficient (Wildman–Crippen LogP) is 5.76. The third-order valence-corrected chi connectivity index (χ3v) is 6.98. The number of nitrogens with zero attached hydrogens (tertiary/aromatic N) is 12. The summed E-state index contributed by atoms with van der Waals surface area (Å²) >= 11 is 5.69. The number of alkyl halides is 3. The number of nitro groups is 1. The fraction of sp³-hybridized carbons (Fsp3) is 0.0333. The Hall–Kier alpha value is -7.49. The lowest BCUT2D eigenvalue weighted by Crippen LogP contribution is -2.04. The number of nitro benzene ring substituents is 1. The van der Waals surface area contributed by atoms with Crippen molar-refractivity contribution in [1.29, 1.82) is 0 Å². The molecule has 0 saturated carbocycles. The Morgan fingerprint density at radius 3 is 1.55 bits per heavy atom. The van der Waals surface area contributed by atoms with Crippen molar-refractivity contribution in [2.75, 3.05) is 0 Å². The van der Waals surface area contributed by atoms with Crippen LogP contribution in [0.5, 0.6) is 0 Å². The number of aromatic nitrogens is 16. The molecule has 0 aliphatic heterocycles. The average molecular weight is 744 g/mol. The molecule has 266 valence electrons. The number of halogens is 4. The largest absolute Gasteiger partial charge is 0.416 e. The topological polar surface area (TPSA) is 264 Å². The van der Waals surface area contributed by atoms with Gasteiger partial charge in [0.05, 0.1) is 10.5 Å². The first-order chi connectivity index (χ1) is 25.6. The number of para-hydroxylation sites is 2. The zero-order chi connectivity index (χ0) is 37.2. The van der Waals surface area contributed by atoms with Crippen molar-refractivity contribution >= 4 is 72.6 Å². The molecule has 19 nitrogen and oxygen atoms in total. The van der Waals surface area contributed by atoms with Gasteiger partial charge in [-0.25, -0.2) is 4.98 Å². The van der Waals surface area contributed by atoms with Crippen LogP contribution in [0.3, 0.4) is 0 Å². The molecule has 6 aromatic heterocycles. The summed E-state index contributed by atoms with van der Waals surface area (Å²) in [4.78, 5) is 13.8. The molecule has 0 unspecified atom stereocenters. The predicted molar refractivity (Wildman–Crippen MR) is 184 cm³/mol. The molecule has 0 aliphatic carbocycles. The monoisotopic (exact) mass is 743 g/mol. The van der Waals surface area contributed by atoms with Gasteiger partial charge in [0.1, 0.15) is 49.7 Å². The lowest BCUT2D eigenvalue weighted by molar-refractivity contribution is -0.384. The van der Waals surface area contributed by atoms with Crippen LogP contribution in [0.1, 0.15) is 5.56 Å². The summed E-state index contributed by atoms with van der Waals surface area (Å²) < 4.78 is 36.5. The van der Waals surface area contributed by atoms with Crippen molar-refractivity contribution in [1.82, 2.24) is 82.0 Å². The molecule has 10 rings (SSSR count). The molecule has 0 spiro atoms. The van der Waals surface area contributed by atoms with Gasteiger partial charge in [-0.15, -0.1) is 5.10 Å². The maximum atomic E-state index is 12.2. The summed E-state index contributed by atoms with van der Waals surface area (Å²) in [6, 6.07) is 24.3. The van der Waals surface area contributed by atoms with Crippen LogP contribution in [0.15, 0.2) is 97.2 Å². The van der Waals surface area contributed by atoms with Gasteiger partial charge in [0.15, 0.2) is 0 Å². The van der Waals surface area contributed by atoms with Gasteiger partial charge in [-0.3, -0.25) is 10.1 Å². The van der Waals surface area contributed by atoms with E-state index >= 15 is 0 Å². The molecule has 0 aliphatic rings. The third kappa shape index (κ3) is 9.20. The Labute approximate surface area is 296 Å². The van der Waals surface area contributed by atoms with E-state index in [1.807, 2.05) is 42.5 Å². The number of benzene rings is 4. The Morgan fingerprint density at radius 2 is 0.981 bits per heavy atom. The fourth-order valence-corrected chi connectivity index (χ4v) is 4.41. The molecule has 5 N–H and O–H groups in total. The number of rotatable bonds is 1. The second kappa shape index (κ2) is 16.0. The molecule has 0 saturated heterocycles. The zero-order valence-corrected chi connectivity index (χ0v) is 27.2. The van der Waals surface area contributed by atoms with E-state index in [9.17, 15) is 23.3 Å². The van der Waals surface area contributed by atoms with E-state index in [2.05, 4.69) is 82.0 Å². The lowest BCUT2D eigenvalue weighted by Gasteiger charge is -2.04. The van der Waals surface area contributed by atoms with Crippen LogP contribution < -0.4 is 0 Å². The van der Waals surface area contributed by atoms with E-state index in [4.69, 9.17) is 11.6 Å². The van der Waals surface area contributed by atoms with Crippen molar-refractivity contribution in [2.24, 2.45) is 0 Å². The number of fused-ring (bicyclic) bond motifs is 5. The number of aromatic amines is 5. The minimum Gasteiger partial charge on any atom is -0.258 e. The first kappa shape index (κ1) is 35.3. The van der Waals surface area contributed by atoms with E-state index in [1.165, 1.54) is 18.2 Å².